The molecule has 126 valence electrons. The van der Waals surface area contributed by atoms with Gasteiger partial charge >= 0.3 is 0 Å². The van der Waals surface area contributed by atoms with Crippen LogP contribution in [0.15, 0.2) is 12.4 Å². The normalized spacial score (nSPS) is 17.2. The lowest BCUT2D eigenvalue weighted by atomic mass is 9.96. The lowest BCUT2D eigenvalue weighted by Crippen LogP contribution is -2.35. The van der Waals surface area contributed by atoms with Crippen molar-refractivity contribution >= 4 is 0 Å². The molecule has 1 fully saturated rings. The van der Waals surface area contributed by atoms with Crippen molar-refractivity contribution in [3.63, 3.8) is 0 Å². The summed E-state index contributed by atoms with van der Waals surface area (Å²) in [5.74, 6) is 0.824. The maximum Gasteiger partial charge on any atom is 0.0518 e. The number of nitrogens with zero attached hydrogens (tertiary/aromatic N) is 3. The van der Waals surface area contributed by atoms with Crippen molar-refractivity contribution in [2.75, 3.05) is 19.6 Å². The van der Waals surface area contributed by atoms with E-state index >= 15 is 0 Å². The van der Waals surface area contributed by atoms with Crippen LogP contribution >= 0.6 is 0 Å². The van der Waals surface area contributed by atoms with Gasteiger partial charge in [-0.15, -0.1) is 0 Å². The van der Waals surface area contributed by atoms with Gasteiger partial charge in [0.25, 0.3) is 0 Å². The van der Waals surface area contributed by atoms with E-state index in [0.29, 0.717) is 0 Å². The summed E-state index contributed by atoms with van der Waals surface area (Å²) < 4.78 is 2.13. The van der Waals surface area contributed by atoms with E-state index in [1.165, 1.54) is 83.0 Å². The van der Waals surface area contributed by atoms with Crippen LogP contribution in [0.2, 0.25) is 0 Å². The van der Waals surface area contributed by atoms with E-state index < -0.39 is 0 Å². The second-order valence-corrected chi connectivity index (χ2v) is 7.15. The van der Waals surface area contributed by atoms with Crippen molar-refractivity contribution in [3.8, 4) is 0 Å². The van der Waals surface area contributed by atoms with Crippen LogP contribution < -0.4 is 0 Å². The van der Waals surface area contributed by atoms with Gasteiger partial charge in [-0.25, -0.2) is 0 Å². The molecule has 0 amide bonds. The van der Waals surface area contributed by atoms with E-state index in [0.717, 1.165) is 12.5 Å². The molecule has 0 aliphatic carbocycles. The summed E-state index contributed by atoms with van der Waals surface area (Å²) in [5, 5.41) is 4.42. The first kappa shape index (κ1) is 17.5. The van der Waals surface area contributed by atoms with Crippen LogP contribution in [0, 0.1) is 12.8 Å². The number of hydrogen-bond acceptors (Lipinski definition) is 2. The lowest BCUT2D eigenvalue weighted by Gasteiger charge is -2.31. The smallest absolute Gasteiger partial charge is 0.0518 e. The molecule has 22 heavy (non-hydrogen) atoms. The topological polar surface area (TPSA) is 21.1 Å². The third-order valence-corrected chi connectivity index (χ3v) is 4.99. The number of piperidine rings is 1. The number of rotatable bonds is 10. The predicted molar refractivity (Wildman–Crippen MR) is 94.1 cm³/mol. The molecule has 3 nitrogen and oxygen atoms in total. The average Bonchev–Trinajstić information content (AvgIpc) is 2.93. The van der Waals surface area contributed by atoms with Crippen LogP contribution in [0.25, 0.3) is 0 Å². The largest absolute Gasteiger partial charge is 0.303 e. The van der Waals surface area contributed by atoms with Crippen molar-refractivity contribution in [2.24, 2.45) is 5.92 Å². The van der Waals surface area contributed by atoms with Crippen LogP contribution in [-0.4, -0.2) is 34.3 Å². The first-order valence-electron chi connectivity index (χ1n) is 9.49. The van der Waals surface area contributed by atoms with E-state index in [-0.39, 0.29) is 0 Å². The number of hydrogen-bond donors (Lipinski definition) is 0. The Bertz CT molecular complexity index is 391. The summed E-state index contributed by atoms with van der Waals surface area (Å²) >= 11 is 0. The quantitative estimate of drug-likeness (QED) is 0.586. The minimum Gasteiger partial charge on any atom is -0.303 e. The van der Waals surface area contributed by atoms with Gasteiger partial charge in [0.2, 0.25) is 0 Å². The fourth-order valence-corrected chi connectivity index (χ4v) is 3.52. The molecule has 0 radical (unpaired) electrons. The van der Waals surface area contributed by atoms with Gasteiger partial charge in [-0.1, -0.05) is 45.4 Å². The van der Waals surface area contributed by atoms with Gasteiger partial charge in [0, 0.05) is 12.7 Å². The minimum atomic E-state index is 0.824. The number of aryl methyl sites for hydroxylation is 1. The van der Waals surface area contributed by atoms with Gasteiger partial charge < -0.3 is 4.90 Å². The second-order valence-electron chi connectivity index (χ2n) is 7.15. The van der Waals surface area contributed by atoms with E-state index in [2.05, 4.69) is 34.7 Å². The first-order valence-corrected chi connectivity index (χ1v) is 9.49. The van der Waals surface area contributed by atoms with Crippen LogP contribution in [0.3, 0.4) is 0 Å². The van der Waals surface area contributed by atoms with E-state index in [1.807, 2.05) is 6.20 Å². The van der Waals surface area contributed by atoms with Gasteiger partial charge in [-0.05, 0) is 57.3 Å². The highest BCUT2D eigenvalue weighted by atomic mass is 15.3. The summed E-state index contributed by atoms with van der Waals surface area (Å²) in [6.45, 7) is 9.42. The van der Waals surface area contributed by atoms with Crippen LogP contribution in [0.5, 0.6) is 0 Å². The molecular weight excluding hydrogens is 270 g/mol. The maximum absolute atomic E-state index is 4.42. The zero-order valence-electron chi connectivity index (χ0n) is 14.8. The molecule has 0 aromatic carbocycles. The summed E-state index contributed by atoms with van der Waals surface area (Å²) in [6.07, 6.45) is 16.7. The summed E-state index contributed by atoms with van der Waals surface area (Å²) in [4.78, 5) is 2.68. The summed E-state index contributed by atoms with van der Waals surface area (Å²) in [5.41, 5.74) is 1.27. The second kappa shape index (κ2) is 10.0. The number of aromatic nitrogens is 2. The van der Waals surface area contributed by atoms with E-state index in [1.54, 1.807) is 0 Å². The molecule has 0 spiro atoms. The van der Waals surface area contributed by atoms with Crippen LogP contribution in [-0.2, 0) is 6.54 Å². The Morgan fingerprint density at radius 1 is 1.05 bits per heavy atom. The van der Waals surface area contributed by atoms with Gasteiger partial charge in [0.15, 0.2) is 0 Å². The molecule has 1 aromatic rings. The molecule has 0 unspecified atom stereocenters. The van der Waals surface area contributed by atoms with E-state index in [9.17, 15) is 0 Å². The number of likely N-dealkylation sites (tertiary alicyclic amines) is 1. The van der Waals surface area contributed by atoms with Crippen molar-refractivity contribution < 1.29 is 0 Å². The maximum atomic E-state index is 4.42. The van der Waals surface area contributed by atoms with Crippen molar-refractivity contribution in [2.45, 2.75) is 78.2 Å². The molecule has 1 aliphatic rings. The Morgan fingerprint density at radius 2 is 1.73 bits per heavy atom. The molecule has 0 atom stereocenters. The number of unbranched alkanes of at least 4 members (excludes halogenated alkanes) is 6. The van der Waals surface area contributed by atoms with Crippen LogP contribution in [0.1, 0.15) is 70.3 Å². The van der Waals surface area contributed by atoms with Crippen molar-refractivity contribution in [1.82, 2.24) is 14.7 Å². The molecule has 1 aromatic heterocycles. The van der Waals surface area contributed by atoms with Crippen molar-refractivity contribution in [3.05, 3.63) is 18.0 Å². The highest BCUT2D eigenvalue weighted by molar-refractivity contribution is 4.99. The standard InChI is InChI=1S/C19H35N3/c1-3-4-5-6-7-8-9-12-21-13-10-19(11-14-21)17-22-16-18(2)15-20-22/h15-16,19H,3-14,17H2,1-2H3. The minimum absolute atomic E-state index is 0.824. The van der Waals surface area contributed by atoms with Gasteiger partial charge in [0.05, 0.1) is 6.20 Å². The predicted octanol–water partition coefficient (Wildman–Crippen LogP) is 4.65. The first-order chi connectivity index (χ1) is 10.8. The molecule has 1 saturated heterocycles. The monoisotopic (exact) mass is 305 g/mol. The molecule has 1 aliphatic heterocycles. The Hall–Kier alpha value is -0.830. The Balaban J connectivity index is 1.50. The third-order valence-electron chi connectivity index (χ3n) is 4.99. The molecule has 0 bridgehead atoms. The summed E-state index contributed by atoms with van der Waals surface area (Å²) in [6, 6.07) is 0. The van der Waals surface area contributed by atoms with Crippen molar-refractivity contribution in [1.29, 1.82) is 0 Å². The van der Waals surface area contributed by atoms with Gasteiger partial charge in [-0.2, -0.15) is 5.10 Å². The zero-order chi connectivity index (χ0) is 15.6. The lowest BCUT2D eigenvalue weighted by molar-refractivity contribution is 0.168. The average molecular weight is 306 g/mol. The Kier molecular flexibility index (Phi) is 8.00. The fraction of sp³-hybridized carbons (Fsp3) is 0.842. The zero-order valence-corrected chi connectivity index (χ0v) is 14.8. The third kappa shape index (κ3) is 6.51. The highest BCUT2D eigenvalue weighted by Crippen LogP contribution is 2.19. The van der Waals surface area contributed by atoms with E-state index in [4.69, 9.17) is 0 Å². The fourth-order valence-electron chi connectivity index (χ4n) is 3.52. The molecular formula is C19H35N3. The van der Waals surface area contributed by atoms with Gasteiger partial charge in [0.1, 0.15) is 0 Å². The SMILES string of the molecule is CCCCCCCCCN1CCC(Cn2cc(C)cn2)CC1. The molecule has 0 N–H and O–H groups in total. The Labute approximate surface area is 137 Å². The molecule has 3 heteroatoms. The van der Waals surface area contributed by atoms with Crippen LogP contribution in [0.4, 0.5) is 0 Å². The Morgan fingerprint density at radius 3 is 2.36 bits per heavy atom. The molecule has 2 rings (SSSR count). The highest BCUT2D eigenvalue weighted by Gasteiger charge is 2.19. The molecule has 0 saturated carbocycles. The molecule has 2 heterocycles. The van der Waals surface area contributed by atoms with Gasteiger partial charge in [-0.3, -0.25) is 4.68 Å². The summed E-state index contributed by atoms with van der Waals surface area (Å²) in [7, 11) is 0.